The number of rotatable bonds is 6. The van der Waals surface area contributed by atoms with Gasteiger partial charge in [0.1, 0.15) is 18.1 Å². The summed E-state index contributed by atoms with van der Waals surface area (Å²) in [7, 11) is 0. The van der Waals surface area contributed by atoms with Crippen molar-refractivity contribution < 1.29 is 23.7 Å². The Kier molecular flexibility index (Phi) is 6.90. The van der Waals surface area contributed by atoms with Crippen LogP contribution in [-0.2, 0) is 9.59 Å². The molecule has 11 heteroatoms. The number of hydrogen-bond acceptors (Lipinski definition) is 7. The molecule has 1 aromatic heterocycles. The Morgan fingerprint density at radius 3 is 2.57 bits per heavy atom. The molecule has 0 aliphatic carbocycles. The minimum atomic E-state index is -0.606. The summed E-state index contributed by atoms with van der Waals surface area (Å²) >= 11 is 4.01. The second-order valence-electron chi connectivity index (χ2n) is 7.72. The monoisotopic (exact) mass is 555 g/mol. The van der Waals surface area contributed by atoms with Gasteiger partial charge in [0, 0.05) is 33.4 Å². The molecule has 1 aliphatic rings. The molecule has 3 aromatic rings. The van der Waals surface area contributed by atoms with Crippen molar-refractivity contribution >= 4 is 62.2 Å². The molecule has 3 amide bonds. The quantitative estimate of drug-likeness (QED) is 0.228. The Bertz CT molecular complexity index is 1400. The summed E-state index contributed by atoms with van der Waals surface area (Å²) in [6.45, 7) is 3.03. The van der Waals surface area contributed by atoms with Gasteiger partial charge in [-0.2, -0.15) is 0 Å². The summed E-state index contributed by atoms with van der Waals surface area (Å²) in [6.07, 6.45) is 1.41. The van der Waals surface area contributed by atoms with E-state index < -0.39 is 28.5 Å². The zero-order valence-corrected chi connectivity index (χ0v) is 20.9. The molecular formula is C24H18BrN3O6S. The average Bonchev–Trinajstić information content (AvgIpc) is 3.37. The van der Waals surface area contributed by atoms with E-state index >= 15 is 0 Å². The summed E-state index contributed by atoms with van der Waals surface area (Å²) in [5.41, 5.74) is 2.37. The van der Waals surface area contributed by atoms with E-state index in [-0.39, 0.29) is 10.6 Å². The molecule has 178 valence electrons. The van der Waals surface area contributed by atoms with Gasteiger partial charge < -0.3 is 9.73 Å². The van der Waals surface area contributed by atoms with Crippen LogP contribution < -0.4 is 5.32 Å². The number of hydrogen-bond donors (Lipinski definition) is 1. The highest BCUT2D eigenvalue weighted by Crippen LogP contribution is 2.34. The fraction of sp³-hybridized carbons (Fsp3) is 0.125. The van der Waals surface area contributed by atoms with Crippen LogP contribution in [-0.4, -0.2) is 33.4 Å². The number of thioether (sulfide) groups is 1. The first-order chi connectivity index (χ1) is 16.6. The van der Waals surface area contributed by atoms with E-state index in [2.05, 4.69) is 21.2 Å². The smallest absolute Gasteiger partial charge is 0.294 e. The van der Waals surface area contributed by atoms with Crippen LogP contribution in [0, 0.1) is 24.0 Å². The van der Waals surface area contributed by atoms with Gasteiger partial charge in [-0.1, -0.05) is 15.9 Å². The van der Waals surface area contributed by atoms with E-state index in [0.29, 0.717) is 40.1 Å². The van der Waals surface area contributed by atoms with Crippen LogP contribution in [0.1, 0.15) is 16.9 Å². The molecule has 0 radical (unpaired) electrons. The van der Waals surface area contributed by atoms with Crippen molar-refractivity contribution in [2.75, 3.05) is 11.9 Å². The highest BCUT2D eigenvalue weighted by molar-refractivity contribution is 9.10. The first-order valence-corrected chi connectivity index (χ1v) is 11.9. The first-order valence-electron chi connectivity index (χ1n) is 10.3. The average molecular weight is 556 g/mol. The minimum absolute atomic E-state index is 0.0134. The maximum absolute atomic E-state index is 12.7. The van der Waals surface area contributed by atoms with Crippen molar-refractivity contribution in [1.29, 1.82) is 0 Å². The van der Waals surface area contributed by atoms with E-state index in [9.17, 15) is 24.5 Å². The van der Waals surface area contributed by atoms with Crippen molar-refractivity contribution in [3.05, 3.63) is 84.9 Å². The lowest BCUT2D eigenvalue weighted by Gasteiger charge is -2.12. The largest absolute Gasteiger partial charge is 0.457 e. The summed E-state index contributed by atoms with van der Waals surface area (Å²) in [5.74, 6) is -0.431. The number of nitrogens with one attached hydrogen (secondary N) is 1. The molecule has 2 aromatic carbocycles. The van der Waals surface area contributed by atoms with Crippen LogP contribution in [0.2, 0.25) is 0 Å². The molecule has 9 nitrogen and oxygen atoms in total. The Balaban J connectivity index is 1.49. The summed E-state index contributed by atoms with van der Waals surface area (Å²) in [6, 6.07) is 13.3. The second-order valence-corrected chi connectivity index (χ2v) is 9.63. The van der Waals surface area contributed by atoms with Crippen LogP contribution in [0.4, 0.5) is 16.2 Å². The number of nitro benzene ring substituents is 1. The van der Waals surface area contributed by atoms with Crippen molar-refractivity contribution in [2.24, 2.45) is 0 Å². The minimum Gasteiger partial charge on any atom is -0.457 e. The molecule has 1 saturated heterocycles. The van der Waals surface area contributed by atoms with Gasteiger partial charge in [0.2, 0.25) is 5.91 Å². The highest BCUT2D eigenvalue weighted by atomic mass is 79.9. The number of anilines is 1. The Morgan fingerprint density at radius 1 is 1.17 bits per heavy atom. The maximum atomic E-state index is 12.7. The molecule has 0 bridgehead atoms. The Morgan fingerprint density at radius 2 is 1.89 bits per heavy atom. The van der Waals surface area contributed by atoms with Crippen molar-refractivity contribution in [2.45, 2.75) is 13.8 Å². The second kappa shape index (κ2) is 9.88. The van der Waals surface area contributed by atoms with Gasteiger partial charge in [-0.05, 0) is 73.6 Å². The van der Waals surface area contributed by atoms with Crippen molar-refractivity contribution in [3.63, 3.8) is 0 Å². The van der Waals surface area contributed by atoms with Gasteiger partial charge in [0.05, 0.1) is 9.83 Å². The van der Waals surface area contributed by atoms with Gasteiger partial charge in [0.25, 0.3) is 16.8 Å². The number of carbonyl (C=O) groups is 3. The molecule has 35 heavy (non-hydrogen) atoms. The lowest BCUT2D eigenvalue weighted by Crippen LogP contribution is -2.36. The molecular weight excluding hydrogens is 538 g/mol. The molecule has 1 N–H and O–H groups in total. The number of furan rings is 1. The van der Waals surface area contributed by atoms with Crippen LogP contribution in [0.25, 0.3) is 17.4 Å². The van der Waals surface area contributed by atoms with Crippen LogP contribution in [0.5, 0.6) is 0 Å². The molecule has 1 aliphatic heterocycles. The highest BCUT2D eigenvalue weighted by Gasteiger charge is 2.36. The number of amides is 3. The Hall–Kier alpha value is -3.70. The predicted molar refractivity (Wildman–Crippen MR) is 136 cm³/mol. The summed E-state index contributed by atoms with van der Waals surface area (Å²) < 4.78 is 6.62. The molecule has 1 fully saturated rings. The van der Waals surface area contributed by atoms with Crippen LogP contribution in [0.3, 0.4) is 0 Å². The van der Waals surface area contributed by atoms with E-state index in [0.717, 1.165) is 14.9 Å². The lowest BCUT2D eigenvalue weighted by molar-refractivity contribution is -0.385. The van der Waals surface area contributed by atoms with Crippen molar-refractivity contribution in [3.8, 4) is 11.3 Å². The SMILES string of the molecule is Cc1cc(-c2ccc(/C=C3/SC(=O)N(CC(=O)Nc4ccc(Br)cc4)C3=O)o2)cc([N+](=O)[O-])c1C. The van der Waals surface area contributed by atoms with E-state index in [4.69, 9.17) is 4.42 Å². The molecule has 4 rings (SSSR count). The van der Waals surface area contributed by atoms with Gasteiger partial charge in [0.15, 0.2) is 0 Å². The van der Waals surface area contributed by atoms with Gasteiger partial charge in [-0.15, -0.1) is 0 Å². The molecule has 0 saturated carbocycles. The van der Waals surface area contributed by atoms with Gasteiger partial charge in [-0.3, -0.25) is 29.4 Å². The third-order valence-electron chi connectivity index (χ3n) is 5.32. The number of halogens is 1. The van der Waals surface area contributed by atoms with Crippen molar-refractivity contribution in [1.82, 2.24) is 4.90 Å². The number of nitro groups is 1. The molecule has 2 heterocycles. The van der Waals surface area contributed by atoms with E-state index in [1.807, 2.05) is 0 Å². The molecule has 0 unspecified atom stereocenters. The number of benzene rings is 2. The fourth-order valence-corrected chi connectivity index (χ4v) is 4.48. The van der Waals surface area contributed by atoms with Gasteiger partial charge >= 0.3 is 0 Å². The van der Waals surface area contributed by atoms with E-state index in [1.54, 1.807) is 56.3 Å². The standard InChI is InChI=1S/C24H18BrN3O6S/c1-13-9-15(10-19(14(13)2)28(32)33)20-8-7-18(34-20)11-21-23(30)27(24(31)35-21)12-22(29)26-17-5-3-16(25)4-6-17/h3-11H,12H2,1-2H3,(H,26,29)/b21-11+. The number of imide groups is 1. The summed E-state index contributed by atoms with van der Waals surface area (Å²) in [4.78, 5) is 49.3. The summed E-state index contributed by atoms with van der Waals surface area (Å²) in [5, 5.41) is 13.4. The normalized spacial score (nSPS) is 14.6. The zero-order chi connectivity index (χ0) is 25.3. The van der Waals surface area contributed by atoms with E-state index in [1.165, 1.54) is 12.1 Å². The number of carbonyl (C=O) groups excluding carboxylic acids is 3. The fourth-order valence-electron chi connectivity index (χ4n) is 3.40. The number of nitrogens with zero attached hydrogens (tertiary/aromatic N) is 2. The van der Waals surface area contributed by atoms with Crippen LogP contribution >= 0.6 is 27.7 Å². The molecule has 0 spiro atoms. The van der Waals surface area contributed by atoms with Gasteiger partial charge in [-0.25, -0.2) is 0 Å². The zero-order valence-electron chi connectivity index (χ0n) is 18.5. The first kappa shape index (κ1) is 24.4. The third kappa shape index (κ3) is 5.36. The lowest BCUT2D eigenvalue weighted by atomic mass is 10.0. The predicted octanol–water partition coefficient (Wildman–Crippen LogP) is 5.91. The van der Waals surface area contributed by atoms with Crippen LogP contribution in [0.15, 0.2) is 62.3 Å². The number of aryl methyl sites for hydroxylation is 1. The Labute approximate surface area is 212 Å². The topological polar surface area (TPSA) is 123 Å². The third-order valence-corrected chi connectivity index (χ3v) is 6.76. The molecule has 0 atom stereocenters. The maximum Gasteiger partial charge on any atom is 0.294 e.